The number of nitrogens with zero attached hydrogens (tertiary/aromatic N) is 11. The molecular weight excluding hydrogens is 1120 g/mol. The Kier molecular flexibility index (Phi) is 13.3. The summed E-state index contributed by atoms with van der Waals surface area (Å²) in [6.07, 6.45) is -9.71. The van der Waals surface area contributed by atoms with Crippen molar-refractivity contribution in [1.82, 2.24) is 9.13 Å². The first-order valence-corrected chi connectivity index (χ1v) is 26.1. The molecule has 0 amide bonds. The molecule has 0 radical (unpaired) electrons. The third kappa shape index (κ3) is 9.59. The van der Waals surface area contributed by atoms with Gasteiger partial charge in [-0.25, -0.2) is 24.2 Å². The number of hydrogen-bond donors (Lipinski definition) is 0. The van der Waals surface area contributed by atoms with Crippen molar-refractivity contribution >= 4 is 72.0 Å². The summed E-state index contributed by atoms with van der Waals surface area (Å²) >= 11 is 0. The highest BCUT2D eigenvalue weighted by molar-refractivity contribution is 6.14. The number of aromatic nitrogens is 2. The predicted octanol–water partition coefficient (Wildman–Crippen LogP) is 20.5. The van der Waals surface area contributed by atoms with E-state index in [0.29, 0.717) is 77.0 Å². The van der Waals surface area contributed by atoms with Gasteiger partial charge in [0, 0.05) is 49.4 Å². The molecule has 88 heavy (non-hydrogen) atoms. The zero-order valence-corrected chi connectivity index (χ0v) is 44.9. The van der Waals surface area contributed by atoms with E-state index in [4.69, 9.17) is 32.9 Å². The lowest BCUT2D eigenvalue weighted by molar-refractivity contribution is -0.138. The minimum absolute atomic E-state index is 0.00916. The Morgan fingerprint density at radius 1 is 0.318 bits per heavy atom. The summed E-state index contributed by atoms with van der Waals surface area (Å²) in [6, 6.07) is 52.4. The Hall–Kier alpha value is -13.2. The van der Waals surface area contributed by atoms with Gasteiger partial charge in [-0.15, -0.1) is 0 Å². The molecule has 0 N–H and O–H groups in total. The van der Waals surface area contributed by atoms with Crippen molar-refractivity contribution < 1.29 is 26.3 Å². The van der Waals surface area contributed by atoms with Crippen molar-refractivity contribution in [1.29, 1.82) is 21.0 Å². The highest BCUT2D eigenvalue weighted by Gasteiger charge is 2.33. The first kappa shape index (κ1) is 55.3. The molecule has 2 heterocycles. The molecule has 11 nitrogen and oxygen atoms in total. The number of halogens is 6. The van der Waals surface area contributed by atoms with Crippen LogP contribution in [0.5, 0.6) is 0 Å². The van der Waals surface area contributed by atoms with Crippen LogP contribution in [-0.2, 0) is 12.4 Å². The molecule has 410 valence electrons. The van der Waals surface area contributed by atoms with Crippen molar-refractivity contribution in [3.05, 3.63) is 266 Å². The maximum atomic E-state index is 14.5. The van der Waals surface area contributed by atoms with Crippen LogP contribution in [0.15, 0.2) is 176 Å². The summed E-state index contributed by atoms with van der Waals surface area (Å²) in [5.74, 6) is 0. The van der Waals surface area contributed by atoms with Crippen LogP contribution in [0.3, 0.4) is 0 Å². The average Bonchev–Trinajstić information content (AvgIpc) is 2.10. The first-order valence-electron chi connectivity index (χ1n) is 26.1. The summed E-state index contributed by atoms with van der Waals surface area (Å²) in [5.41, 5.74) is 3.12. The molecule has 12 aromatic rings. The number of benzene rings is 10. The standard InChI is InChI=1S/C71H29F6N11/c1-82-53-19-39(35-78)16-46(23-53)42-6-11-58-59-12-7-43(47-17-40(36-79)20-54(24-47)83-2)28-65(59)87(64(58)27-42)68-31-50(57-15-10-51(70(72,73)74)34-63(57)86-5)32-69(62(68)38-81)88-66-29-44(48-18-41(37-80)21-55(25-48)84-3)8-13-60(66)61-14-9-45(30-67(61)88)49-22-52(71(75,76)77)33-56(26-49)85-4/h6-34H. The molecule has 2 aromatic heterocycles. The van der Waals surface area contributed by atoms with Crippen LogP contribution in [0, 0.1) is 78.2 Å². The summed E-state index contributed by atoms with van der Waals surface area (Å²) in [5, 5.41) is 44.5. The molecule has 0 aliphatic carbocycles. The lowest BCUT2D eigenvalue weighted by Gasteiger charge is -2.20. The highest BCUT2D eigenvalue weighted by Crippen LogP contribution is 2.47. The minimum atomic E-state index is -4.86. The fraction of sp³-hybridized carbons (Fsp3) is 0.0282. The molecule has 0 atom stereocenters. The van der Waals surface area contributed by atoms with Crippen LogP contribution in [0.1, 0.15) is 33.4 Å². The van der Waals surface area contributed by atoms with Gasteiger partial charge in [-0.3, -0.25) is 0 Å². The molecule has 0 bridgehead atoms. The van der Waals surface area contributed by atoms with E-state index in [0.717, 1.165) is 30.3 Å². The molecular formula is C71H29F6N11. The van der Waals surface area contributed by atoms with E-state index in [1.54, 1.807) is 112 Å². The van der Waals surface area contributed by atoms with E-state index in [2.05, 4.69) is 48.5 Å². The van der Waals surface area contributed by atoms with Gasteiger partial charge in [-0.2, -0.15) is 47.4 Å². The number of nitriles is 4. The van der Waals surface area contributed by atoms with Crippen LogP contribution in [0.4, 0.5) is 54.8 Å². The van der Waals surface area contributed by atoms with E-state index in [9.17, 15) is 47.4 Å². The van der Waals surface area contributed by atoms with Crippen molar-refractivity contribution in [2.45, 2.75) is 12.4 Å². The Labute approximate surface area is 496 Å². The van der Waals surface area contributed by atoms with Crippen LogP contribution < -0.4 is 0 Å². The van der Waals surface area contributed by atoms with Crippen molar-refractivity contribution in [2.24, 2.45) is 0 Å². The number of hydrogen-bond acceptors (Lipinski definition) is 4. The molecule has 10 aromatic carbocycles. The first-order chi connectivity index (χ1) is 42.4. The predicted molar refractivity (Wildman–Crippen MR) is 322 cm³/mol. The Morgan fingerprint density at radius 2 is 0.670 bits per heavy atom. The number of fused-ring (bicyclic) bond motifs is 6. The van der Waals surface area contributed by atoms with Crippen molar-refractivity contribution in [2.75, 3.05) is 0 Å². The lowest BCUT2D eigenvalue weighted by Crippen LogP contribution is -2.06. The minimum Gasteiger partial charge on any atom is -0.308 e. The fourth-order valence-corrected chi connectivity index (χ4v) is 11.3. The van der Waals surface area contributed by atoms with Crippen molar-refractivity contribution in [3.63, 3.8) is 0 Å². The van der Waals surface area contributed by atoms with E-state index < -0.39 is 29.2 Å². The molecule has 12 rings (SSSR count). The fourth-order valence-electron chi connectivity index (χ4n) is 11.3. The van der Waals surface area contributed by atoms with Gasteiger partial charge in [0.25, 0.3) is 0 Å². The van der Waals surface area contributed by atoms with Gasteiger partial charge in [0.05, 0.1) is 84.5 Å². The van der Waals surface area contributed by atoms with E-state index in [-0.39, 0.29) is 78.6 Å². The van der Waals surface area contributed by atoms with Crippen LogP contribution >= 0.6 is 0 Å². The maximum Gasteiger partial charge on any atom is 0.415 e. The number of alkyl halides is 6. The Morgan fingerprint density at radius 3 is 0.989 bits per heavy atom. The molecule has 17 heteroatoms. The summed E-state index contributed by atoms with van der Waals surface area (Å²) < 4.78 is 90.6. The number of rotatable bonds is 7. The van der Waals surface area contributed by atoms with Gasteiger partial charge in [-0.1, -0.05) is 60.7 Å². The van der Waals surface area contributed by atoms with Gasteiger partial charge in [0.1, 0.15) is 11.6 Å². The SMILES string of the molecule is [C-]#[N+]c1cc(C#N)cc(-c2ccc3c4ccc(-c5cc(C#N)cc([N+]#[C-])c5)cc4n(-c4cc(-c5ccc(C(F)(F)F)cc5[N+]#[C-])cc(-n5c6cc(-c7cc(C#N)cc([N+]#[C-])c7)ccc6c6ccc(-c7cc([N+]#[C-])cc(C(F)(F)F)c7)cc65)c4C#N)c3c2)c1. The zero-order chi connectivity index (χ0) is 61.9. The monoisotopic (exact) mass is 1150 g/mol. The smallest absolute Gasteiger partial charge is 0.308 e. The normalized spacial score (nSPS) is 11.2. The van der Waals surface area contributed by atoms with Crippen LogP contribution in [0.2, 0.25) is 0 Å². The topological polar surface area (TPSA) is 127 Å². The van der Waals surface area contributed by atoms with Gasteiger partial charge in [0.2, 0.25) is 0 Å². The van der Waals surface area contributed by atoms with Gasteiger partial charge >= 0.3 is 12.4 Å². The van der Waals surface area contributed by atoms with Gasteiger partial charge in [-0.05, 0) is 171 Å². The highest BCUT2D eigenvalue weighted by atomic mass is 19.4. The second kappa shape index (κ2) is 21.2. The van der Waals surface area contributed by atoms with E-state index in [1.165, 1.54) is 30.3 Å². The Bertz CT molecular complexity index is 5270. The van der Waals surface area contributed by atoms with Crippen LogP contribution in [-0.4, -0.2) is 9.13 Å². The second-order valence-corrected chi connectivity index (χ2v) is 20.3. The van der Waals surface area contributed by atoms with Crippen LogP contribution in [0.25, 0.3) is 135 Å². The molecule has 0 saturated heterocycles. The van der Waals surface area contributed by atoms with Gasteiger partial charge in [0.15, 0.2) is 28.4 Å². The molecule has 0 fully saturated rings. The maximum absolute atomic E-state index is 14.5. The summed E-state index contributed by atoms with van der Waals surface area (Å²) in [4.78, 5) is 17.7. The summed E-state index contributed by atoms with van der Waals surface area (Å²) in [6.45, 7) is 39.5. The molecule has 0 aliphatic rings. The lowest BCUT2D eigenvalue weighted by atomic mass is 9.97. The molecule has 0 unspecified atom stereocenters. The van der Waals surface area contributed by atoms with Gasteiger partial charge < -0.3 is 9.13 Å². The zero-order valence-electron chi connectivity index (χ0n) is 44.9. The summed E-state index contributed by atoms with van der Waals surface area (Å²) in [7, 11) is 0. The van der Waals surface area contributed by atoms with E-state index >= 15 is 0 Å². The van der Waals surface area contributed by atoms with E-state index in [1.807, 2.05) is 12.1 Å². The third-order valence-electron chi connectivity index (χ3n) is 15.2. The average molecular weight is 1150 g/mol. The molecule has 0 saturated carbocycles. The quantitative estimate of drug-likeness (QED) is 0.116. The third-order valence-corrected chi connectivity index (χ3v) is 15.2. The molecule has 0 spiro atoms. The molecule has 0 aliphatic heterocycles. The largest absolute Gasteiger partial charge is 0.415 e. The van der Waals surface area contributed by atoms with Crippen molar-refractivity contribution in [3.8, 4) is 91.3 Å². The second-order valence-electron chi connectivity index (χ2n) is 20.3. The Balaban J connectivity index is 1.27.